The van der Waals surface area contributed by atoms with Crippen LogP contribution >= 0.6 is 12.6 Å². The zero-order chi connectivity index (χ0) is 13.1. The number of hydrogen-bond donors (Lipinski definition) is 2. The van der Waals surface area contributed by atoms with Gasteiger partial charge in [0.25, 0.3) is 0 Å². The van der Waals surface area contributed by atoms with Crippen molar-refractivity contribution in [1.82, 2.24) is 4.90 Å². The molecule has 1 aliphatic carbocycles. The summed E-state index contributed by atoms with van der Waals surface area (Å²) >= 11 is 4.08. The first kappa shape index (κ1) is 17.3. The minimum atomic E-state index is -0.855. The molecule has 19 heavy (non-hydrogen) atoms. The summed E-state index contributed by atoms with van der Waals surface area (Å²) in [4.78, 5) is 25.2. The van der Waals surface area contributed by atoms with E-state index in [4.69, 9.17) is 0 Å². The van der Waals surface area contributed by atoms with Crippen LogP contribution < -0.4 is 0 Å². The Morgan fingerprint density at radius 3 is 2.47 bits per heavy atom. The molecule has 0 spiro atoms. The quantitative estimate of drug-likeness (QED) is 0.609. The Morgan fingerprint density at radius 1 is 1.16 bits per heavy atom. The van der Waals surface area contributed by atoms with E-state index in [1.807, 2.05) is 0 Å². The Morgan fingerprint density at radius 2 is 1.84 bits per heavy atom. The molecule has 0 aromatic rings. The van der Waals surface area contributed by atoms with Gasteiger partial charge in [-0.15, -0.1) is 0 Å². The van der Waals surface area contributed by atoms with Crippen molar-refractivity contribution < 1.29 is 14.7 Å². The number of rotatable bonds is 3. The molecule has 0 radical (unpaired) electrons. The number of piperidine rings is 1. The van der Waals surface area contributed by atoms with Crippen LogP contribution in [-0.4, -0.2) is 69.3 Å². The Balaban J connectivity index is 0.00000180. The van der Waals surface area contributed by atoms with Crippen LogP contribution in [-0.2, 0) is 9.59 Å². The number of carboxylic acids is 1. The van der Waals surface area contributed by atoms with Crippen LogP contribution in [0.4, 0.5) is 0 Å². The Bertz CT molecular complexity index is 340. The van der Waals surface area contributed by atoms with Gasteiger partial charge in [0.2, 0.25) is 5.91 Å². The van der Waals surface area contributed by atoms with E-state index in [-0.39, 0.29) is 41.5 Å². The van der Waals surface area contributed by atoms with Gasteiger partial charge in [0.1, 0.15) is 6.04 Å². The van der Waals surface area contributed by atoms with Gasteiger partial charge in [-0.05, 0) is 37.4 Å². The summed E-state index contributed by atoms with van der Waals surface area (Å²) in [6, 6.07) is -0.460. The number of nitrogens with zero attached hydrogens (tertiary/aromatic N) is 1. The molecule has 1 heterocycles. The standard InChI is InChI=1S/C13H21NO3S.Na.H/c15-12(7-8-18)14-10-4-2-1-3-9(10)5-6-11(14)13(16)17;;/h9-11,18H,1-8H2,(H,16,17);;. The van der Waals surface area contributed by atoms with Gasteiger partial charge in [-0.2, -0.15) is 12.6 Å². The molecule has 1 saturated heterocycles. The molecule has 1 saturated carbocycles. The first-order valence-corrected chi connectivity index (χ1v) is 7.43. The monoisotopic (exact) mass is 295 g/mol. The van der Waals surface area contributed by atoms with Gasteiger partial charge < -0.3 is 10.0 Å². The van der Waals surface area contributed by atoms with Crippen molar-refractivity contribution in [3.63, 3.8) is 0 Å². The van der Waals surface area contributed by atoms with Crippen molar-refractivity contribution in [3.05, 3.63) is 0 Å². The van der Waals surface area contributed by atoms with Gasteiger partial charge in [0, 0.05) is 12.5 Å². The Kier molecular flexibility index (Phi) is 7.22. The van der Waals surface area contributed by atoms with Crippen molar-refractivity contribution in [2.75, 3.05) is 5.75 Å². The third-order valence-corrected chi connectivity index (χ3v) is 4.50. The molecule has 1 amide bonds. The molecule has 1 aliphatic heterocycles. The number of thiol groups is 1. The molecule has 4 nitrogen and oxygen atoms in total. The van der Waals surface area contributed by atoms with Crippen molar-refractivity contribution in [1.29, 1.82) is 0 Å². The maximum atomic E-state index is 12.2. The normalized spacial score (nSPS) is 30.2. The van der Waals surface area contributed by atoms with E-state index < -0.39 is 12.0 Å². The van der Waals surface area contributed by atoms with Crippen LogP contribution in [0.25, 0.3) is 0 Å². The summed E-state index contributed by atoms with van der Waals surface area (Å²) in [6.07, 6.45) is 6.33. The van der Waals surface area contributed by atoms with Gasteiger partial charge in [0.05, 0.1) is 0 Å². The number of fused-ring (bicyclic) bond motifs is 1. The Labute approximate surface area is 142 Å². The minimum absolute atomic E-state index is 0. The molecule has 3 atom stereocenters. The molecule has 2 fully saturated rings. The average molecular weight is 295 g/mol. The van der Waals surface area contributed by atoms with E-state index in [9.17, 15) is 14.7 Å². The number of carbonyl (C=O) groups excluding carboxylic acids is 1. The predicted octanol–water partition coefficient (Wildman–Crippen LogP) is 1.29. The number of carboxylic acid groups (broad SMARTS) is 1. The van der Waals surface area contributed by atoms with Gasteiger partial charge >= 0.3 is 35.5 Å². The predicted molar refractivity (Wildman–Crippen MR) is 78.9 cm³/mol. The summed E-state index contributed by atoms with van der Waals surface area (Å²) in [7, 11) is 0. The van der Waals surface area contributed by atoms with E-state index in [2.05, 4.69) is 12.6 Å². The van der Waals surface area contributed by atoms with Crippen LogP contribution in [0, 0.1) is 5.92 Å². The van der Waals surface area contributed by atoms with Gasteiger partial charge in [-0.1, -0.05) is 12.8 Å². The fraction of sp³-hybridized carbons (Fsp3) is 0.846. The molecule has 0 bridgehead atoms. The molecule has 6 heteroatoms. The number of hydrogen-bond acceptors (Lipinski definition) is 3. The number of carbonyl (C=O) groups is 2. The fourth-order valence-corrected chi connectivity index (χ4v) is 3.65. The first-order valence-electron chi connectivity index (χ1n) is 6.80. The molecule has 3 unspecified atom stereocenters. The topological polar surface area (TPSA) is 57.6 Å². The third-order valence-electron chi connectivity index (χ3n) is 4.27. The van der Waals surface area contributed by atoms with Gasteiger partial charge in [-0.25, -0.2) is 4.79 Å². The van der Waals surface area contributed by atoms with E-state index in [1.54, 1.807) is 4.90 Å². The summed E-state index contributed by atoms with van der Waals surface area (Å²) in [5, 5.41) is 9.30. The SMILES string of the molecule is O=C(O)C1CCC2CCCCC2N1C(=O)CCS.[NaH]. The van der Waals surface area contributed by atoms with Gasteiger partial charge in [-0.3, -0.25) is 4.79 Å². The number of amides is 1. The molecule has 2 aliphatic rings. The van der Waals surface area contributed by atoms with E-state index in [0.29, 0.717) is 24.5 Å². The molecule has 0 aromatic carbocycles. The van der Waals surface area contributed by atoms with Crippen molar-refractivity contribution in [3.8, 4) is 0 Å². The van der Waals surface area contributed by atoms with Crippen LogP contribution in [0.2, 0.25) is 0 Å². The van der Waals surface area contributed by atoms with E-state index >= 15 is 0 Å². The van der Waals surface area contributed by atoms with Crippen LogP contribution in [0.5, 0.6) is 0 Å². The number of likely N-dealkylation sites (tertiary alicyclic amines) is 1. The van der Waals surface area contributed by atoms with E-state index in [1.165, 1.54) is 6.42 Å². The summed E-state index contributed by atoms with van der Waals surface area (Å²) in [5.41, 5.74) is 0. The molecule has 2 rings (SSSR count). The zero-order valence-corrected chi connectivity index (χ0v) is 11.4. The second-order valence-corrected chi connectivity index (χ2v) is 5.77. The Hall–Kier alpha value is 0.290. The van der Waals surface area contributed by atoms with Gasteiger partial charge in [0.15, 0.2) is 0 Å². The third kappa shape index (κ3) is 3.90. The fourth-order valence-electron chi connectivity index (χ4n) is 3.46. The molecular weight excluding hydrogens is 273 g/mol. The van der Waals surface area contributed by atoms with Crippen molar-refractivity contribution in [2.24, 2.45) is 5.92 Å². The second kappa shape index (κ2) is 7.91. The summed E-state index contributed by atoms with van der Waals surface area (Å²) < 4.78 is 0. The van der Waals surface area contributed by atoms with Crippen LogP contribution in [0.1, 0.15) is 44.9 Å². The summed E-state index contributed by atoms with van der Waals surface area (Å²) in [5.74, 6) is 0.109. The van der Waals surface area contributed by atoms with Crippen LogP contribution in [0.3, 0.4) is 0 Å². The number of aliphatic carboxylic acids is 1. The maximum absolute atomic E-state index is 12.2. The summed E-state index contributed by atoms with van der Waals surface area (Å²) in [6.45, 7) is 0. The molecule has 0 aromatic heterocycles. The molecule has 104 valence electrons. The second-order valence-electron chi connectivity index (χ2n) is 5.32. The molecular formula is C13H22NNaO3S. The van der Waals surface area contributed by atoms with Crippen molar-refractivity contribution >= 4 is 54.1 Å². The van der Waals surface area contributed by atoms with E-state index in [0.717, 1.165) is 25.7 Å². The zero-order valence-electron chi connectivity index (χ0n) is 10.5. The van der Waals surface area contributed by atoms with Crippen molar-refractivity contribution in [2.45, 2.75) is 57.0 Å². The average Bonchev–Trinajstić information content (AvgIpc) is 2.37. The first-order chi connectivity index (χ1) is 8.65. The molecule has 1 N–H and O–H groups in total. The van der Waals surface area contributed by atoms with Crippen LogP contribution in [0.15, 0.2) is 0 Å².